The molecule has 0 unspecified atom stereocenters. The molecule has 0 radical (unpaired) electrons. The Hall–Kier alpha value is 0.816. The van der Waals surface area contributed by atoms with E-state index in [0.717, 1.165) is 5.56 Å². The molecule has 0 aliphatic heterocycles. The fourth-order valence-corrected chi connectivity index (χ4v) is 1.09. The predicted octanol–water partition coefficient (Wildman–Crippen LogP) is -1.63. The second-order valence-corrected chi connectivity index (χ2v) is 3.42. The van der Waals surface area contributed by atoms with Gasteiger partial charge in [-0.15, -0.1) is 5.60 Å². The summed E-state index contributed by atoms with van der Waals surface area (Å²) in [4.78, 5) is 0. The molecule has 0 spiro atoms. The molecule has 0 N–H and O–H groups in total. The zero-order chi connectivity index (χ0) is 8.32. The summed E-state index contributed by atoms with van der Waals surface area (Å²) in [5.41, 5.74) is 0.272. The summed E-state index contributed by atoms with van der Waals surface area (Å²) in [6, 6.07) is 9.85. The SMILES string of the molecule is CC(C)([O-])Cc1ccccc1.[K+]. The second kappa shape index (κ2) is 5.53. The fraction of sp³-hybridized carbons (Fsp3) is 0.400. The molecule has 0 aromatic heterocycles. The van der Waals surface area contributed by atoms with E-state index >= 15 is 0 Å². The van der Waals surface area contributed by atoms with Gasteiger partial charge in [0.05, 0.1) is 0 Å². The molecule has 12 heavy (non-hydrogen) atoms. The van der Waals surface area contributed by atoms with Gasteiger partial charge < -0.3 is 5.11 Å². The van der Waals surface area contributed by atoms with Gasteiger partial charge in [0.15, 0.2) is 0 Å². The van der Waals surface area contributed by atoms with Gasteiger partial charge in [0, 0.05) is 0 Å². The van der Waals surface area contributed by atoms with Gasteiger partial charge in [0.2, 0.25) is 0 Å². The van der Waals surface area contributed by atoms with Gasteiger partial charge in [0.25, 0.3) is 0 Å². The molecular weight excluding hydrogens is 175 g/mol. The van der Waals surface area contributed by atoms with Crippen molar-refractivity contribution < 1.29 is 56.5 Å². The number of hydrogen-bond acceptors (Lipinski definition) is 1. The van der Waals surface area contributed by atoms with E-state index in [2.05, 4.69) is 0 Å². The van der Waals surface area contributed by atoms with Crippen LogP contribution in [0.2, 0.25) is 0 Å². The molecule has 0 atom stereocenters. The maximum absolute atomic E-state index is 11.3. The largest absolute Gasteiger partial charge is 1.00 e. The monoisotopic (exact) mass is 188 g/mol. The Balaban J connectivity index is 0.00000121. The van der Waals surface area contributed by atoms with Crippen LogP contribution >= 0.6 is 0 Å². The maximum Gasteiger partial charge on any atom is 1.00 e. The third-order valence-corrected chi connectivity index (χ3v) is 1.47. The molecule has 0 saturated heterocycles. The van der Waals surface area contributed by atoms with Crippen molar-refractivity contribution in [2.45, 2.75) is 25.9 Å². The molecule has 1 rings (SSSR count). The first-order valence-electron chi connectivity index (χ1n) is 3.82. The van der Waals surface area contributed by atoms with Crippen LogP contribution in [-0.2, 0) is 6.42 Å². The van der Waals surface area contributed by atoms with E-state index in [0.29, 0.717) is 6.42 Å². The Morgan fingerprint density at radius 1 is 1.17 bits per heavy atom. The van der Waals surface area contributed by atoms with Crippen molar-refractivity contribution >= 4 is 0 Å². The molecule has 0 amide bonds. The molecule has 2 heteroatoms. The van der Waals surface area contributed by atoms with E-state index in [1.54, 1.807) is 13.8 Å². The first-order valence-corrected chi connectivity index (χ1v) is 3.82. The Labute approximate surface area is 117 Å². The Kier molecular flexibility index (Phi) is 5.90. The predicted molar refractivity (Wildman–Crippen MR) is 44.2 cm³/mol. The smallest absolute Gasteiger partial charge is 0.850 e. The van der Waals surface area contributed by atoms with Crippen molar-refractivity contribution in [3.05, 3.63) is 35.9 Å². The zero-order valence-electron chi connectivity index (χ0n) is 8.00. The molecule has 60 valence electrons. The summed E-state index contributed by atoms with van der Waals surface area (Å²) in [6.45, 7) is 3.42. The first kappa shape index (κ1) is 12.8. The van der Waals surface area contributed by atoms with Crippen molar-refractivity contribution in [3.63, 3.8) is 0 Å². The van der Waals surface area contributed by atoms with Crippen LogP contribution in [0.15, 0.2) is 30.3 Å². The van der Waals surface area contributed by atoms with Crippen LogP contribution in [0.3, 0.4) is 0 Å². The topological polar surface area (TPSA) is 23.1 Å². The average molecular weight is 188 g/mol. The van der Waals surface area contributed by atoms with Gasteiger partial charge in [-0.05, 0) is 12.0 Å². The summed E-state index contributed by atoms with van der Waals surface area (Å²) in [5, 5.41) is 11.3. The summed E-state index contributed by atoms with van der Waals surface area (Å²) in [6.07, 6.45) is 0.605. The summed E-state index contributed by atoms with van der Waals surface area (Å²) in [5.74, 6) is 0. The third kappa shape index (κ3) is 5.46. The molecule has 1 aromatic rings. The molecular formula is C10H13KO. The molecule has 1 nitrogen and oxygen atoms in total. The quantitative estimate of drug-likeness (QED) is 0.511. The van der Waals surface area contributed by atoms with Crippen molar-refractivity contribution in [2.24, 2.45) is 0 Å². The van der Waals surface area contributed by atoms with E-state index in [1.807, 2.05) is 30.3 Å². The minimum absolute atomic E-state index is 0. The number of benzene rings is 1. The van der Waals surface area contributed by atoms with Crippen molar-refractivity contribution in [3.8, 4) is 0 Å². The molecule has 0 bridgehead atoms. The van der Waals surface area contributed by atoms with E-state index in [9.17, 15) is 5.11 Å². The summed E-state index contributed by atoms with van der Waals surface area (Å²) in [7, 11) is 0. The zero-order valence-corrected chi connectivity index (χ0v) is 11.1. The molecule has 0 aliphatic rings. The number of hydrogen-bond donors (Lipinski definition) is 0. The Morgan fingerprint density at radius 2 is 1.67 bits per heavy atom. The van der Waals surface area contributed by atoms with Gasteiger partial charge in [-0.3, -0.25) is 0 Å². The van der Waals surface area contributed by atoms with E-state index in [1.165, 1.54) is 0 Å². The van der Waals surface area contributed by atoms with Gasteiger partial charge in [0.1, 0.15) is 0 Å². The first-order chi connectivity index (χ1) is 5.08. The van der Waals surface area contributed by atoms with Crippen LogP contribution < -0.4 is 56.5 Å². The van der Waals surface area contributed by atoms with Crippen LogP contribution in [0.5, 0.6) is 0 Å². The van der Waals surface area contributed by atoms with Crippen LogP contribution in [0, 0.1) is 0 Å². The molecule has 0 aliphatic carbocycles. The van der Waals surface area contributed by atoms with Gasteiger partial charge in [-0.1, -0.05) is 44.2 Å². The minimum atomic E-state index is -0.846. The van der Waals surface area contributed by atoms with E-state index < -0.39 is 5.60 Å². The van der Waals surface area contributed by atoms with Crippen LogP contribution in [0.4, 0.5) is 0 Å². The minimum Gasteiger partial charge on any atom is -0.850 e. The molecule has 0 saturated carbocycles. The van der Waals surface area contributed by atoms with Crippen LogP contribution in [0.1, 0.15) is 19.4 Å². The molecule has 1 aromatic carbocycles. The van der Waals surface area contributed by atoms with Gasteiger partial charge in [-0.2, -0.15) is 0 Å². The number of rotatable bonds is 2. The molecule has 0 fully saturated rings. The normalized spacial score (nSPS) is 10.6. The van der Waals surface area contributed by atoms with Crippen molar-refractivity contribution in [1.82, 2.24) is 0 Å². The van der Waals surface area contributed by atoms with E-state index in [-0.39, 0.29) is 51.4 Å². The standard InChI is InChI=1S/C10H13O.K/c1-10(2,11)8-9-6-4-3-5-7-9;/h3-7H,8H2,1-2H3;/q-1;+1. The van der Waals surface area contributed by atoms with E-state index in [4.69, 9.17) is 0 Å². The molecule has 0 heterocycles. The maximum atomic E-state index is 11.3. The summed E-state index contributed by atoms with van der Waals surface area (Å²) < 4.78 is 0. The third-order valence-electron chi connectivity index (χ3n) is 1.47. The van der Waals surface area contributed by atoms with Crippen LogP contribution in [-0.4, -0.2) is 5.60 Å². The fourth-order valence-electron chi connectivity index (χ4n) is 1.09. The average Bonchev–Trinajstić information content (AvgIpc) is 1.85. The van der Waals surface area contributed by atoms with Crippen LogP contribution in [0.25, 0.3) is 0 Å². The van der Waals surface area contributed by atoms with Gasteiger partial charge in [-0.25, -0.2) is 0 Å². The summed E-state index contributed by atoms with van der Waals surface area (Å²) >= 11 is 0. The van der Waals surface area contributed by atoms with Crippen molar-refractivity contribution in [1.29, 1.82) is 0 Å². The Morgan fingerprint density at radius 3 is 2.08 bits per heavy atom. The Bertz CT molecular complexity index is 213. The van der Waals surface area contributed by atoms with Gasteiger partial charge >= 0.3 is 51.4 Å². The second-order valence-electron chi connectivity index (χ2n) is 3.42. The van der Waals surface area contributed by atoms with Crippen molar-refractivity contribution in [2.75, 3.05) is 0 Å².